The first kappa shape index (κ1) is 13.3. The molecular formula is C14H16N2S2. The lowest BCUT2D eigenvalue weighted by molar-refractivity contribution is 1.10. The van der Waals surface area contributed by atoms with Gasteiger partial charge in [-0.25, -0.2) is 4.98 Å². The second-order valence-electron chi connectivity index (χ2n) is 4.08. The monoisotopic (exact) mass is 276 g/mol. The fourth-order valence-corrected chi connectivity index (χ4v) is 3.39. The molecule has 2 aromatic rings. The normalized spacial score (nSPS) is 10.8. The summed E-state index contributed by atoms with van der Waals surface area (Å²) in [5, 5.41) is 0.573. The van der Waals surface area contributed by atoms with Gasteiger partial charge in [-0.1, -0.05) is 44.3 Å². The Bertz CT molecular complexity index is 518. The summed E-state index contributed by atoms with van der Waals surface area (Å²) in [7, 11) is 0. The fraction of sp³-hybridized carbons (Fsp3) is 0.214. The lowest BCUT2D eigenvalue weighted by Gasteiger charge is -2.11. The summed E-state index contributed by atoms with van der Waals surface area (Å²) in [6.07, 6.45) is 3.56. The number of H-pyrrole nitrogens is 1. The molecule has 1 N–H and O–H groups in total. The number of aromatic nitrogens is 2. The number of thioether (sulfide) groups is 2. The summed E-state index contributed by atoms with van der Waals surface area (Å²) < 4.78 is 0. The van der Waals surface area contributed by atoms with E-state index in [0.29, 0.717) is 5.25 Å². The van der Waals surface area contributed by atoms with Gasteiger partial charge in [0.25, 0.3) is 0 Å². The predicted octanol–water partition coefficient (Wildman–Crippen LogP) is 4.67. The van der Waals surface area contributed by atoms with Gasteiger partial charge < -0.3 is 4.98 Å². The molecule has 94 valence electrons. The zero-order valence-corrected chi connectivity index (χ0v) is 12.1. The van der Waals surface area contributed by atoms with Crippen LogP contribution >= 0.6 is 23.5 Å². The van der Waals surface area contributed by atoms with E-state index in [1.54, 1.807) is 18.0 Å². The third-order valence-electron chi connectivity index (χ3n) is 2.21. The molecule has 4 heteroatoms. The molecule has 1 heterocycles. The van der Waals surface area contributed by atoms with Crippen LogP contribution in [0.15, 0.2) is 53.0 Å². The molecule has 0 bridgehead atoms. The zero-order valence-electron chi connectivity index (χ0n) is 10.5. The van der Waals surface area contributed by atoms with Crippen molar-refractivity contribution in [3.63, 3.8) is 0 Å². The molecule has 0 atom stereocenters. The van der Waals surface area contributed by atoms with Gasteiger partial charge >= 0.3 is 0 Å². The van der Waals surface area contributed by atoms with Gasteiger partial charge in [-0.05, 0) is 12.1 Å². The first-order valence-corrected chi connectivity index (χ1v) is 7.48. The maximum Gasteiger partial charge on any atom is 0.143 e. The van der Waals surface area contributed by atoms with E-state index >= 15 is 0 Å². The van der Waals surface area contributed by atoms with Gasteiger partial charge in [0.05, 0.1) is 0 Å². The molecule has 0 aliphatic rings. The van der Waals surface area contributed by atoms with Crippen LogP contribution in [0.1, 0.15) is 19.7 Å². The van der Waals surface area contributed by atoms with Crippen LogP contribution in [0, 0.1) is 0 Å². The Morgan fingerprint density at radius 3 is 2.61 bits per heavy atom. The average Bonchev–Trinajstić information content (AvgIpc) is 2.84. The van der Waals surface area contributed by atoms with E-state index in [1.807, 2.05) is 18.0 Å². The predicted molar refractivity (Wildman–Crippen MR) is 80.9 cm³/mol. The van der Waals surface area contributed by atoms with E-state index in [4.69, 9.17) is 0 Å². The number of nitrogens with one attached hydrogen (secondary N) is 1. The molecule has 0 saturated heterocycles. The number of imidazole rings is 1. The van der Waals surface area contributed by atoms with Crippen LogP contribution in [0.3, 0.4) is 0 Å². The number of aromatic amines is 1. The number of hydrogen-bond donors (Lipinski definition) is 1. The van der Waals surface area contributed by atoms with Crippen molar-refractivity contribution in [2.24, 2.45) is 0 Å². The molecule has 0 aliphatic heterocycles. The lowest BCUT2D eigenvalue weighted by atomic mass is 10.4. The molecule has 0 saturated carbocycles. The fourth-order valence-electron chi connectivity index (χ4n) is 1.48. The molecule has 0 aliphatic carbocycles. The van der Waals surface area contributed by atoms with Crippen LogP contribution < -0.4 is 0 Å². The lowest BCUT2D eigenvalue weighted by Crippen LogP contribution is -1.88. The number of hydrogen-bond acceptors (Lipinski definition) is 3. The highest BCUT2D eigenvalue weighted by atomic mass is 32.2. The molecule has 2 rings (SSSR count). The van der Waals surface area contributed by atoms with Crippen molar-refractivity contribution in [2.45, 2.75) is 28.9 Å². The standard InChI is InChI=1S/C14H16N2S2/c1-10(2)17-12-6-4-5-7-13(12)18-11(3)14-15-8-9-16-14/h4-10H,3H2,1-2H3,(H,15,16). The molecule has 0 radical (unpaired) electrons. The second kappa shape index (κ2) is 6.16. The van der Waals surface area contributed by atoms with E-state index in [2.05, 4.69) is 54.7 Å². The smallest absolute Gasteiger partial charge is 0.143 e. The van der Waals surface area contributed by atoms with Crippen molar-refractivity contribution in [1.82, 2.24) is 9.97 Å². The summed E-state index contributed by atoms with van der Waals surface area (Å²) in [4.78, 5) is 10.8. The van der Waals surface area contributed by atoms with Gasteiger partial charge in [0.15, 0.2) is 0 Å². The Morgan fingerprint density at radius 1 is 1.28 bits per heavy atom. The second-order valence-corrected chi connectivity index (χ2v) is 6.83. The molecular weight excluding hydrogens is 260 g/mol. The molecule has 0 spiro atoms. The first-order chi connectivity index (χ1) is 8.66. The van der Waals surface area contributed by atoms with Gasteiger partial charge in [-0.3, -0.25) is 0 Å². The van der Waals surface area contributed by atoms with Crippen LogP contribution in [-0.4, -0.2) is 15.2 Å². The highest BCUT2D eigenvalue weighted by Gasteiger charge is 2.09. The molecule has 0 fully saturated rings. The Kier molecular flexibility index (Phi) is 4.55. The SMILES string of the molecule is C=C(Sc1ccccc1SC(C)C)c1ncc[nH]1. The zero-order chi connectivity index (χ0) is 13.0. The Morgan fingerprint density at radius 2 is 2.00 bits per heavy atom. The quantitative estimate of drug-likeness (QED) is 0.804. The number of benzene rings is 1. The summed E-state index contributed by atoms with van der Waals surface area (Å²) in [5.41, 5.74) is 0. The summed E-state index contributed by atoms with van der Waals surface area (Å²) in [6, 6.07) is 8.42. The van der Waals surface area contributed by atoms with Crippen LogP contribution in [0.25, 0.3) is 4.91 Å². The van der Waals surface area contributed by atoms with Gasteiger partial charge in [0.1, 0.15) is 5.82 Å². The topological polar surface area (TPSA) is 28.7 Å². The molecule has 2 nitrogen and oxygen atoms in total. The van der Waals surface area contributed by atoms with E-state index < -0.39 is 0 Å². The first-order valence-electron chi connectivity index (χ1n) is 5.79. The van der Waals surface area contributed by atoms with Crippen molar-refractivity contribution < 1.29 is 0 Å². The maximum absolute atomic E-state index is 4.22. The molecule has 18 heavy (non-hydrogen) atoms. The highest BCUT2D eigenvalue weighted by Crippen LogP contribution is 2.38. The number of nitrogens with zero attached hydrogens (tertiary/aromatic N) is 1. The Hall–Kier alpha value is -1.13. The van der Waals surface area contributed by atoms with E-state index in [9.17, 15) is 0 Å². The summed E-state index contributed by atoms with van der Waals surface area (Å²) >= 11 is 3.53. The van der Waals surface area contributed by atoms with Gasteiger partial charge in [-0.2, -0.15) is 0 Å². The van der Waals surface area contributed by atoms with Crippen molar-refractivity contribution in [1.29, 1.82) is 0 Å². The third kappa shape index (κ3) is 3.43. The largest absolute Gasteiger partial charge is 0.344 e. The third-order valence-corrected chi connectivity index (χ3v) is 4.43. The highest BCUT2D eigenvalue weighted by molar-refractivity contribution is 8.09. The van der Waals surface area contributed by atoms with Gasteiger partial charge in [0.2, 0.25) is 0 Å². The Labute approximate surface area is 116 Å². The minimum Gasteiger partial charge on any atom is -0.344 e. The van der Waals surface area contributed by atoms with Gasteiger partial charge in [-0.15, -0.1) is 11.8 Å². The maximum atomic E-state index is 4.22. The van der Waals surface area contributed by atoms with Gasteiger partial charge in [0, 0.05) is 32.3 Å². The van der Waals surface area contributed by atoms with Crippen LogP contribution in [0.2, 0.25) is 0 Å². The molecule has 0 unspecified atom stereocenters. The molecule has 1 aromatic heterocycles. The van der Waals surface area contributed by atoms with Crippen LogP contribution in [0.4, 0.5) is 0 Å². The van der Waals surface area contributed by atoms with E-state index in [1.165, 1.54) is 9.79 Å². The van der Waals surface area contributed by atoms with Crippen molar-refractivity contribution >= 4 is 28.4 Å². The molecule has 0 amide bonds. The van der Waals surface area contributed by atoms with Crippen molar-refractivity contribution in [2.75, 3.05) is 0 Å². The molecule has 1 aromatic carbocycles. The van der Waals surface area contributed by atoms with Crippen LogP contribution in [0.5, 0.6) is 0 Å². The minimum absolute atomic E-state index is 0.573. The summed E-state index contributed by atoms with van der Waals surface area (Å²) in [5.74, 6) is 0.837. The van der Waals surface area contributed by atoms with E-state index in [0.717, 1.165) is 10.7 Å². The van der Waals surface area contributed by atoms with Crippen LogP contribution in [-0.2, 0) is 0 Å². The number of rotatable bonds is 5. The minimum atomic E-state index is 0.573. The van der Waals surface area contributed by atoms with E-state index in [-0.39, 0.29) is 0 Å². The Balaban J connectivity index is 2.16. The van der Waals surface area contributed by atoms with Crippen molar-refractivity contribution in [3.8, 4) is 0 Å². The summed E-state index contributed by atoms with van der Waals surface area (Å²) in [6.45, 7) is 8.48. The average molecular weight is 276 g/mol. The van der Waals surface area contributed by atoms with Crippen molar-refractivity contribution in [3.05, 3.63) is 49.1 Å².